The maximum atomic E-state index is 11.9. The van der Waals surface area contributed by atoms with Gasteiger partial charge in [-0.15, -0.1) is 0 Å². The number of fused-ring (bicyclic) bond motifs is 1. The zero-order valence-corrected chi connectivity index (χ0v) is 17.1. The number of aromatic nitrogens is 3. The lowest BCUT2D eigenvalue weighted by Gasteiger charge is -2.17. The van der Waals surface area contributed by atoms with Crippen LogP contribution in [0.25, 0.3) is 28.4 Å². The molecule has 0 spiro atoms. The van der Waals surface area contributed by atoms with Crippen LogP contribution in [-0.4, -0.2) is 45.0 Å². The summed E-state index contributed by atoms with van der Waals surface area (Å²) >= 11 is 0. The van der Waals surface area contributed by atoms with E-state index in [0.29, 0.717) is 25.3 Å². The number of aryl methyl sites for hydroxylation is 2. The Morgan fingerprint density at radius 3 is 2.90 bits per heavy atom. The zero-order chi connectivity index (χ0) is 21.1. The largest absolute Gasteiger partial charge is 0.491 e. The van der Waals surface area contributed by atoms with Crippen LogP contribution in [-0.2, 0) is 11.8 Å². The van der Waals surface area contributed by atoms with Gasteiger partial charge in [-0.25, -0.2) is 9.97 Å². The van der Waals surface area contributed by atoms with Gasteiger partial charge in [-0.05, 0) is 42.7 Å². The Morgan fingerprint density at radius 2 is 2.20 bits per heavy atom. The highest BCUT2D eigenvalue weighted by atomic mass is 16.5. The summed E-state index contributed by atoms with van der Waals surface area (Å²) in [6, 6.07) is 7.95. The average molecular weight is 401 g/mol. The molecular formula is C23H23N5O2. The summed E-state index contributed by atoms with van der Waals surface area (Å²) in [7, 11) is 1.93. The summed E-state index contributed by atoms with van der Waals surface area (Å²) in [6.07, 6.45) is 8.30. The van der Waals surface area contributed by atoms with Crippen LogP contribution >= 0.6 is 0 Å². The maximum Gasteiger partial charge on any atom is 0.222 e. The Balaban J connectivity index is 1.73. The van der Waals surface area contributed by atoms with Crippen LogP contribution in [0.1, 0.15) is 24.0 Å². The summed E-state index contributed by atoms with van der Waals surface area (Å²) in [5, 5.41) is 9.75. The second-order valence-corrected chi connectivity index (χ2v) is 7.42. The maximum absolute atomic E-state index is 11.9. The molecule has 152 valence electrons. The minimum absolute atomic E-state index is 0.188. The predicted octanol–water partition coefficient (Wildman–Crippen LogP) is 3.48. The van der Waals surface area contributed by atoms with E-state index in [4.69, 9.17) is 15.0 Å². The second-order valence-electron chi connectivity index (χ2n) is 7.42. The number of rotatable bonds is 6. The van der Waals surface area contributed by atoms with Crippen LogP contribution in [0.3, 0.4) is 0 Å². The lowest BCUT2D eigenvalue weighted by molar-refractivity contribution is -0.128. The van der Waals surface area contributed by atoms with Crippen molar-refractivity contribution in [2.45, 2.75) is 19.8 Å². The van der Waals surface area contributed by atoms with Crippen LogP contribution in [0.5, 0.6) is 5.75 Å². The van der Waals surface area contributed by atoms with E-state index in [1.807, 2.05) is 47.7 Å². The van der Waals surface area contributed by atoms with Crippen molar-refractivity contribution in [3.63, 3.8) is 0 Å². The predicted molar refractivity (Wildman–Crippen MR) is 115 cm³/mol. The third-order valence-electron chi connectivity index (χ3n) is 5.37. The van der Waals surface area contributed by atoms with Crippen molar-refractivity contribution in [2.24, 2.45) is 7.05 Å². The van der Waals surface area contributed by atoms with Gasteiger partial charge in [0.2, 0.25) is 5.91 Å². The average Bonchev–Trinajstić information content (AvgIpc) is 3.34. The van der Waals surface area contributed by atoms with Crippen molar-refractivity contribution in [3.05, 3.63) is 47.9 Å². The van der Waals surface area contributed by atoms with Gasteiger partial charge in [-0.2, -0.15) is 5.26 Å². The van der Waals surface area contributed by atoms with Crippen LogP contribution in [0.4, 0.5) is 0 Å². The van der Waals surface area contributed by atoms with E-state index in [1.54, 1.807) is 18.6 Å². The number of carbonyl (C=O) groups is 1. The number of carbonyl (C=O) groups excluding carboxylic acids is 1. The molecule has 1 fully saturated rings. The molecule has 2 aromatic heterocycles. The molecule has 0 unspecified atom stereocenters. The molecule has 0 bridgehead atoms. The van der Waals surface area contributed by atoms with E-state index in [1.165, 1.54) is 6.08 Å². The van der Waals surface area contributed by atoms with E-state index < -0.39 is 0 Å². The van der Waals surface area contributed by atoms with Crippen molar-refractivity contribution in [1.29, 1.82) is 5.26 Å². The van der Waals surface area contributed by atoms with E-state index in [9.17, 15) is 4.79 Å². The Kier molecular flexibility index (Phi) is 5.48. The summed E-state index contributed by atoms with van der Waals surface area (Å²) in [4.78, 5) is 22.7. The highest BCUT2D eigenvalue weighted by Crippen LogP contribution is 2.32. The Morgan fingerprint density at radius 1 is 1.33 bits per heavy atom. The van der Waals surface area contributed by atoms with E-state index in [0.717, 1.165) is 46.4 Å². The fraction of sp³-hybridized carbons (Fsp3) is 0.304. The highest BCUT2D eigenvalue weighted by Gasteiger charge is 2.20. The summed E-state index contributed by atoms with van der Waals surface area (Å²) < 4.78 is 8.07. The topological polar surface area (TPSA) is 84.0 Å². The summed E-state index contributed by atoms with van der Waals surface area (Å²) in [5.74, 6) is 0.891. The molecule has 1 aromatic carbocycles. The SMILES string of the molecule is Cc1cc2nc(-c3cncn3C)cc(OCCN3CCCC3=O)c2cc1C=CC#N. The first-order valence-electron chi connectivity index (χ1n) is 9.95. The molecule has 0 aliphatic carbocycles. The van der Waals surface area contributed by atoms with Gasteiger partial charge >= 0.3 is 0 Å². The first kappa shape index (κ1) is 19.6. The lowest BCUT2D eigenvalue weighted by atomic mass is 10.0. The van der Waals surface area contributed by atoms with Crippen LogP contribution in [0.2, 0.25) is 0 Å². The highest BCUT2D eigenvalue weighted by molar-refractivity contribution is 5.90. The molecule has 0 N–H and O–H groups in total. The number of hydrogen-bond donors (Lipinski definition) is 0. The molecule has 1 aliphatic rings. The molecule has 3 aromatic rings. The molecule has 1 amide bonds. The number of nitriles is 1. The third kappa shape index (κ3) is 3.90. The normalized spacial score (nSPS) is 14.0. The minimum Gasteiger partial charge on any atom is -0.491 e. The number of nitrogens with zero attached hydrogens (tertiary/aromatic N) is 5. The lowest BCUT2D eigenvalue weighted by Crippen LogP contribution is -2.29. The monoisotopic (exact) mass is 401 g/mol. The Labute approximate surface area is 175 Å². The number of hydrogen-bond acceptors (Lipinski definition) is 5. The smallest absolute Gasteiger partial charge is 0.222 e. The number of pyridine rings is 1. The van der Waals surface area contributed by atoms with E-state index in [2.05, 4.69) is 4.98 Å². The van der Waals surface area contributed by atoms with Crippen molar-refractivity contribution in [2.75, 3.05) is 19.7 Å². The van der Waals surface area contributed by atoms with Gasteiger partial charge < -0.3 is 14.2 Å². The van der Waals surface area contributed by atoms with Crippen molar-refractivity contribution in [1.82, 2.24) is 19.4 Å². The number of likely N-dealkylation sites (tertiary alicyclic amines) is 1. The number of imidazole rings is 1. The minimum atomic E-state index is 0.188. The molecule has 0 radical (unpaired) electrons. The van der Waals surface area contributed by atoms with Crippen molar-refractivity contribution >= 4 is 22.9 Å². The van der Waals surface area contributed by atoms with Crippen LogP contribution in [0.15, 0.2) is 36.8 Å². The van der Waals surface area contributed by atoms with E-state index in [-0.39, 0.29) is 5.91 Å². The van der Waals surface area contributed by atoms with Crippen LogP contribution in [0, 0.1) is 18.3 Å². The van der Waals surface area contributed by atoms with Gasteiger partial charge in [0.05, 0.1) is 42.0 Å². The van der Waals surface area contributed by atoms with Gasteiger partial charge in [0, 0.05) is 37.5 Å². The zero-order valence-electron chi connectivity index (χ0n) is 17.1. The quantitative estimate of drug-likeness (QED) is 0.591. The number of amides is 1. The fourth-order valence-corrected chi connectivity index (χ4v) is 3.73. The van der Waals surface area contributed by atoms with Gasteiger partial charge in [0.1, 0.15) is 12.4 Å². The molecule has 1 aliphatic heterocycles. The number of ether oxygens (including phenoxy) is 1. The van der Waals surface area contributed by atoms with Crippen molar-refractivity contribution < 1.29 is 9.53 Å². The standard InChI is InChI=1S/C23H23N5O2/c1-16-11-19-18(12-17(16)5-3-7-24)22(30-10-9-28-8-4-6-23(28)29)13-20(26-19)21-14-25-15-27(21)2/h3,5,11-15H,4,6,8-10H2,1-2H3. The molecule has 3 heterocycles. The fourth-order valence-electron chi connectivity index (χ4n) is 3.73. The Hall–Kier alpha value is -3.66. The molecule has 7 heteroatoms. The van der Waals surface area contributed by atoms with Gasteiger partial charge in [-0.3, -0.25) is 4.79 Å². The molecule has 0 atom stereocenters. The molecule has 30 heavy (non-hydrogen) atoms. The second kappa shape index (κ2) is 8.37. The van der Waals surface area contributed by atoms with Gasteiger partial charge in [0.15, 0.2) is 0 Å². The molecule has 1 saturated heterocycles. The van der Waals surface area contributed by atoms with Crippen LogP contribution < -0.4 is 4.74 Å². The Bertz CT molecular complexity index is 1170. The first-order valence-corrected chi connectivity index (χ1v) is 9.95. The summed E-state index contributed by atoms with van der Waals surface area (Å²) in [5.41, 5.74) is 4.44. The van der Waals surface area contributed by atoms with E-state index >= 15 is 0 Å². The number of benzene rings is 1. The number of allylic oxidation sites excluding steroid dienone is 1. The third-order valence-corrected chi connectivity index (χ3v) is 5.37. The van der Waals surface area contributed by atoms with Gasteiger partial charge in [0.25, 0.3) is 0 Å². The molecule has 0 saturated carbocycles. The molecular weight excluding hydrogens is 378 g/mol. The molecule has 7 nitrogen and oxygen atoms in total. The molecule has 4 rings (SSSR count). The summed E-state index contributed by atoms with van der Waals surface area (Å²) in [6.45, 7) is 3.76. The first-order chi connectivity index (χ1) is 14.6. The van der Waals surface area contributed by atoms with Gasteiger partial charge in [-0.1, -0.05) is 0 Å². The van der Waals surface area contributed by atoms with Crippen molar-refractivity contribution in [3.8, 4) is 23.2 Å².